The second-order valence-corrected chi connectivity index (χ2v) is 11.5. The van der Waals surface area contributed by atoms with Gasteiger partial charge in [0.1, 0.15) is 13.1 Å². The number of carboxylic acids is 2. The first-order valence-corrected chi connectivity index (χ1v) is 16.6. The molecule has 0 fully saturated rings. The number of nitrogens with zero attached hydrogens (tertiary/aromatic N) is 1. The number of carboxylic acid groups (broad SMARTS) is 2. The van der Waals surface area contributed by atoms with Crippen LogP contribution in [0.15, 0.2) is 18.2 Å². The Hall–Kier alpha value is -3.83. The van der Waals surface area contributed by atoms with Crippen LogP contribution in [0.2, 0.25) is 0 Å². The highest BCUT2D eigenvalue weighted by Crippen LogP contribution is 2.21. The minimum atomic E-state index is -1.38. The molecule has 1 rings (SSSR count). The second-order valence-electron chi connectivity index (χ2n) is 11.5. The van der Waals surface area contributed by atoms with Crippen LogP contribution in [-0.2, 0) is 9.59 Å². The molecule has 0 bridgehead atoms. The van der Waals surface area contributed by atoms with Gasteiger partial charge in [0.05, 0.1) is 0 Å². The van der Waals surface area contributed by atoms with Gasteiger partial charge in [-0.2, -0.15) is 0 Å². The second kappa shape index (κ2) is 24.5. The van der Waals surface area contributed by atoms with Crippen molar-refractivity contribution in [1.29, 1.82) is 0 Å². The van der Waals surface area contributed by atoms with Gasteiger partial charge in [-0.15, -0.1) is 0 Å². The number of amides is 5. The minimum Gasteiger partial charge on any atom is -0.480 e. The van der Waals surface area contributed by atoms with Crippen LogP contribution < -0.4 is 21.3 Å². The van der Waals surface area contributed by atoms with E-state index in [1.54, 1.807) is 0 Å². The Morgan fingerprint density at radius 1 is 0.556 bits per heavy atom. The zero-order valence-corrected chi connectivity index (χ0v) is 27.3. The van der Waals surface area contributed by atoms with Gasteiger partial charge in [0.2, 0.25) is 0 Å². The van der Waals surface area contributed by atoms with Crippen molar-refractivity contribution in [3.63, 3.8) is 0 Å². The van der Waals surface area contributed by atoms with Crippen molar-refractivity contribution in [3.8, 4) is 0 Å². The Morgan fingerprint density at radius 3 is 1.27 bits per heavy atom. The van der Waals surface area contributed by atoms with Gasteiger partial charge in [-0.25, -0.2) is 9.59 Å². The summed E-state index contributed by atoms with van der Waals surface area (Å²) in [6.45, 7) is 3.65. The summed E-state index contributed by atoms with van der Waals surface area (Å²) >= 11 is 0. The summed E-state index contributed by atoms with van der Waals surface area (Å²) in [5, 5.41) is 29.3. The van der Waals surface area contributed by atoms with E-state index in [1.807, 2.05) is 0 Å². The molecule has 0 saturated heterocycles. The van der Waals surface area contributed by atoms with Gasteiger partial charge >= 0.3 is 24.0 Å². The molecule has 12 nitrogen and oxygen atoms in total. The van der Waals surface area contributed by atoms with Gasteiger partial charge in [0.15, 0.2) is 0 Å². The van der Waals surface area contributed by atoms with E-state index in [-0.39, 0.29) is 16.9 Å². The van der Waals surface area contributed by atoms with Crippen LogP contribution >= 0.6 is 0 Å². The highest BCUT2D eigenvalue weighted by atomic mass is 16.4. The van der Waals surface area contributed by atoms with Gasteiger partial charge in [-0.1, -0.05) is 104 Å². The number of hydrogen-bond donors (Lipinski definition) is 6. The van der Waals surface area contributed by atoms with E-state index in [0.29, 0.717) is 18.0 Å². The van der Waals surface area contributed by atoms with Crippen molar-refractivity contribution < 1.29 is 34.2 Å². The van der Waals surface area contributed by atoms with Crippen LogP contribution in [-0.4, -0.2) is 71.2 Å². The summed E-state index contributed by atoms with van der Waals surface area (Å²) in [6, 6.07) is 3.11. The number of hydrogen-bond acceptors (Lipinski definition) is 5. The lowest BCUT2D eigenvalue weighted by molar-refractivity contribution is -0.140. The van der Waals surface area contributed by atoms with E-state index in [0.717, 1.165) is 38.5 Å². The van der Waals surface area contributed by atoms with Crippen molar-refractivity contribution in [1.82, 2.24) is 15.5 Å². The molecule has 254 valence electrons. The number of unbranched alkanes of at least 4 members (excludes halogenated alkanes) is 14. The Bertz CT molecular complexity index is 980. The lowest BCUT2D eigenvalue weighted by Crippen LogP contribution is -2.39. The zero-order valence-electron chi connectivity index (χ0n) is 27.3. The van der Waals surface area contributed by atoms with Crippen LogP contribution in [0.1, 0.15) is 127 Å². The summed E-state index contributed by atoms with van der Waals surface area (Å²) in [4.78, 5) is 61.6. The molecule has 0 heterocycles. The number of anilines is 2. The lowest BCUT2D eigenvalue weighted by atomic mass is 10.1. The summed E-state index contributed by atoms with van der Waals surface area (Å²) in [5.41, 5.74) is 0.272. The predicted molar refractivity (Wildman–Crippen MR) is 177 cm³/mol. The van der Waals surface area contributed by atoms with E-state index in [9.17, 15) is 34.2 Å². The van der Waals surface area contributed by atoms with E-state index in [1.165, 1.54) is 82.4 Å². The molecule has 45 heavy (non-hydrogen) atoms. The standard InChI is InChI=1S/C33H55N5O7/c1-3-5-7-9-11-13-15-17-19-34-32(44)36-27-21-26(31(43)38(24-29(39)40)25-30(41)42)22-28(23-27)37-33(45)35-20-18-16-14-12-10-8-6-4-2/h21-23H,3-20,24-25H2,1-2H3,(H,39,40)(H,41,42)(H2,34,36,44)(H2,35,37,45). The Balaban J connectivity index is 2.80. The highest BCUT2D eigenvalue weighted by molar-refractivity contribution is 6.01. The predicted octanol–water partition coefficient (Wildman–Crippen LogP) is 6.82. The van der Waals surface area contributed by atoms with Crippen molar-refractivity contribution in [3.05, 3.63) is 23.8 Å². The normalized spacial score (nSPS) is 10.6. The Morgan fingerprint density at radius 2 is 0.911 bits per heavy atom. The highest BCUT2D eigenvalue weighted by Gasteiger charge is 2.22. The molecule has 12 heteroatoms. The number of benzene rings is 1. The van der Waals surface area contributed by atoms with Crippen molar-refractivity contribution in [2.75, 3.05) is 36.8 Å². The molecule has 0 aliphatic heterocycles. The first-order valence-electron chi connectivity index (χ1n) is 16.6. The third-order valence-corrected chi connectivity index (χ3v) is 7.27. The molecule has 1 aromatic carbocycles. The molecule has 0 saturated carbocycles. The summed E-state index contributed by atoms with van der Waals surface area (Å²) < 4.78 is 0. The zero-order chi connectivity index (χ0) is 33.3. The molecule has 0 spiro atoms. The summed E-state index contributed by atoms with van der Waals surface area (Å²) in [7, 11) is 0. The maximum atomic E-state index is 13.1. The van der Waals surface area contributed by atoms with Gasteiger partial charge in [0.25, 0.3) is 5.91 Å². The number of urea groups is 2. The monoisotopic (exact) mass is 633 g/mol. The van der Waals surface area contributed by atoms with Crippen LogP contribution in [0.3, 0.4) is 0 Å². The fourth-order valence-corrected chi connectivity index (χ4v) is 4.88. The maximum absolute atomic E-state index is 13.1. The molecule has 0 unspecified atom stereocenters. The smallest absolute Gasteiger partial charge is 0.323 e. The quantitative estimate of drug-likeness (QED) is 0.0640. The molecule has 0 aliphatic carbocycles. The molecule has 1 aromatic rings. The average Bonchev–Trinajstić information content (AvgIpc) is 2.98. The van der Waals surface area contributed by atoms with Crippen LogP contribution in [0.5, 0.6) is 0 Å². The topological polar surface area (TPSA) is 177 Å². The fourth-order valence-electron chi connectivity index (χ4n) is 4.88. The molecule has 0 aromatic heterocycles. The molecule has 0 aliphatic rings. The Kier molecular flexibility index (Phi) is 21.3. The van der Waals surface area contributed by atoms with Crippen LogP contribution in [0.4, 0.5) is 21.0 Å². The van der Waals surface area contributed by atoms with Crippen LogP contribution in [0, 0.1) is 0 Å². The van der Waals surface area contributed by atoms with E-state index in [2.05, 4.69) is 35.1 Å². The van der Waals surface area contributed by atoms with E-state index >= 15 is 0 Å². The number of nitrogens with one attached hydrogen (secondary N) is 4. The van der Waals surface area contributed by atoms with Crippen molar-refractivity contribution in [2.24, 2.45) is 0 Å². The maximum Gasteiger partial charge on any atom is 0.323 e. The fraction of sp³-hybridized carbons (Fsp3) is 0.667. The number of rotatable bonds is 25. The molecular weight excluding hydrogens is 578 g/mol. The van der Waals surface area contributed by atoms with E-state index < -0.39 is 43.0 Å². The number of carbonyl (C=O) groups excluding carboxylic acids is 3. The van der Waals surface area contributed by atoms with Crippen molar-refractivity contribution in [2.45, 2.75) is 117 Å². The van der Waals surface area contributed by atoms with E-state index in [4.69, 9.17) is 0 Å². The lowest BCUT2D eigenvalue weighted by Gasteiger charge is -2.20. The SMILES string of the molecule is CCCCCCCCCCNC(=O)Nc1cc(NC(=O)NCCCCCCCCCC)cc(C(=O)N(CC(=O)O)CC(=O)O)c1. The van der Waals surface area contributed by atoms with Crippen molar-refractivity contribution >= 4 is 41.3 Å². The minimum absolute atomic E-state index is 0.0863. The van der Waals surface area contributed by atoms with Gasteiger partial charge in [-0.3, -0.25) is 14.4 Å². The first kappa shape index (κ1) is 39.2. The number of aliphatic carboxylic acids is 2. The number of carbonyl (C=O) groups is 5. The molecule has 0 radical (unpaired) electrons. The largest absolute Gasteiger partial charge is 0.480 e. The molecule has 5 amide bonds. The Labute approximate surface area is 268 Å². The van der Waals surface area contributed by atoms with Gasteiger partial charge < -0.3 is 36.4 Å². The average molecular weight is 634 g/mol. The van der Waals surface area contributed by atoms with Gasteiger partial charge in [0, 0.05) is 30.0 Å². The summed E-state index contributed by atoms with van der Waals surface area (Å²) in [5.74, 6) is -3.62. The van der Waals surface area contributed by atoms with Crippen LogP contribution in [0.25, 0.3) is 0 Å². The summed E-state index contributed by atoms with van der Waals surface area (Å²) in [6.07, 6.45) is 18.1. The third kappa shape index (κ3) is 19.9. The molecular formula is C33H55N5O7. The first-order chi connectivity index (χ1) is 21.7. The third-order valence-electron chi connectivity index (χ3n) is 7.27. The molecule has 6 N–H and O–H groups in total. The molecule has 0 atom stereocenters. The van der Waals surface area contributed by atoms with Gasteiger partial charge in [-0.05, 0) is 31.0 Å².